The molecule has 1 aromatic heterocycles. The maximum absolute atomic E-state index is 12.1. The lowest BCUT2D eigenvalue weighted by Gasteiger charge is -2.10. The van der Waals surface area contributed by atoms with Gasteiger partial charge in [-0.2, -0.15) is 0 Å². The highest BCUT2D eigenvalue weighted by atomic mass is 32.2. The minimum atomic E-state index is -2.89. The van der Waals surface area contributed by atoms with Crippen LogP contribution in [0, 0.1) is 5.92 Å². The number of aromatic nitrogens is 1. The van der Waals surface area contributed by atoms with Gasteiger partial charge in [0.25, 0.3) is 0 Å². The van der Waals surface area contributed by atoms with Crippen molar-refractivity contribution in [1.82, 2.24) is 10.3 Å². The van der Waals surface area contributed by atoms with Crippen molar-refractivity contribution >= 4 is 26.6 Å². The summed E-state index contributed by atoms with van der Waals surface area (Å²) >= 11 is 0. The van der Waals surface area contributed by atoms with Crippen molar-refractivity contribution < 1.29 is 13.2 Å². The van der Waals surface area contributed by atoms with Gasteiger partial charge < -0.3 is 5.32 Å². The number of amides is 1. The number of carbonyl (C=O) groups excluding carboxylic acids is 1. The summed E-state index contributed by atoms with van der Waals surface area (Å²) in [5.74, 6) is 0.367. The van der Waals surface area contributed by atoms with Crippen molar-refractivity contribution in [2.75, 3.05) is 18.1 Å². The lowest BCUT2D eigenvalue weighted by molar-refractivity contribution is -0.120. The van der Waals surface area contributed by atoms with Crippen LogP contribution in [0.1, 0.15) is 12.0 Å². The summed E-state index contributed by atoms with van der Waals surface area (Å²) in [7, 11) is -2.89. The third kappa shape index (κ3) is 3.44. The summed E-state index contributed by atoms with van der Waals surface area (Å²) in [5.41, 5.74) is 1.72. The highest BCUT2D eigenvalue weighted by molar-refractivity contribution is 7.91. The van der Waals surface area contributed by atoms with Gasteiger partial charge in [-0.15, -0.1) is 0 Å². The molecule has 0 radical (unpaired) electrons. The smallest absolute Gasteiger partial charge is 0.224 e. The second kappa shape index (κ2) is 6.04. The van der Waals surface area contributed by atoms with Crippen molar-refractivity contribution in [2.45, 2.75) is 12.8 Å². The number of hydrogen-bond acceptors (Lipinski definition) is 4. The van der Waals surface area contributed by atoms with Crippen molar-refractivity contribution in [3.05, 3.63) is 42.1 Å². The molecular formula is C16H18N2O3S. The van der Waals surface area contributed by atoms with Crippen LogP contribution in [0.4, 0.5) is 0 Å². The molecule has 1 aliphatic rings. The van der Waals surface area contributed by atoms with E-state index < -0.39 is 9.84 Å². The Kier molecular flexibility index (Phi) is 4.11. The normalized spacial score (nSPS) is 20.1. The van der Waals surface area contributed by atoms with Crippen LogP contribution < -0.4 is 5.32 Å². The molecule has 1 atom stereocenters. The molecule has 3 rings (SSSR count). The van der Waals surface area contributed by atoms with Gasteiger partial charge in [0.15, 0.2) is 9.84 Å². The van der Waals surface area contributed by atoms with Crippen LogP contribution in [-0.2, 0) is 21.1 Å². The number of carbonyl (C=O) groups is 1. The zero-order valence-corrected chi connectivity index (χ0v) is 13.0. The predicted molar refractivity (Wildman–Crippen MR) is 85.2 cm³/mol. The van der Waals surface area contributed by atoms with Crippen molar-refractivity contribution in [3.8, 4) is 0 Å². The molecule has 2 heterocycles. The molecule has 1 aromatic carbocycles. The van der Waals surface area contributed by atoms with Gasteiger partial charge in [0.05, 0.1) is 23.4 Å². The average molecular weight is 318 g/mol. The lowest BCUT2D eigenvalue weighted by atomic mass is 10.1. The summed E-state index contributed by atoms with van der Waals surface area (Å²) in [6.45, 7) is 0.427. The number of fused-ring (bicyclic) bond motifs is 1. The van der Waals surface area contributed by atoms with Crippen molar-refractivity contribution in [3.63, 3.8) is 0 Å². The van der Waals surface area contributed by atoms with Crippen LogP contribution in [0.3, 0.4) is 0 Å². The number of nitrogens with one attached hydrogen (secondary N) is 1. The molecule has 0 spiro atoms. The number of pyridine rings is 1. The van der Waals surface area contributed by atoms with Crippen LogP contribution in [0.5, 0.6) is 0 Å². The molecule has 1 fully saturated rings. The van der Waals surface area contributed by atoms with E-state index in [9.17, 15) is 13.2 Å². The van der Waals surface area contributed by atoms with E-state index in [2.05, 4.69) is 10.3 Å². The molecule has 5 nitrogen and oxygen atoms in total. The molecule has 6 heteroatoms. The van der Waals surface area contributed by atoms with E-state index in [1.165, 1.54) is 0 Å². The molecule has 1 saturated heterocycles. The average Bonchev–Trinajstić information content (AvgIpc) is 2.85. The van der Waals surface area contributed by atoms with E-state index in [1.807, 2.05) is 30.3 Å². The fourth-order valence-corrected chi connectivity index (χ4v) is 4.70. The third-order valence-corrected chi connectivity index (χ3v) is 5.82. The number of nitrogens with zero attached hydrogens (tertiary/aromatic N) is 1. The molecule has 2 aromatic rings. The Balaban J connectivity index is 1.62. The summed E-state index contributed by atoms with van der Waals surface area (Å²) in [4.78, 5) is 16.4. The van der Waals surface area contributed by atoms with Gasteiger partial charge in [-0.3, -0.25) is 9.78 Å². The molecule has 1 N–H and O–H groups in total. The second-order valence-corrected chi connectivity index (χ2v) is 7.97. The van der Waals surface area contributed by atoms with E-state index in [-0.39, 0.29) is 29.8 Å². The van der Waals surface area contributed by atoms with Gasteiger partial charge in [-0.05, 0) is 24.0 Å². The second-order valence-electron chi connectivity index (χ2n) is 5.74. The van der Waals surface area contributed by atoms with E-state index in [4.69, 9.17) is 0 Å². The van der Waals surface area contributed by atoms with Crippen molar-refractivity contribution in [2.24, 2.45) is 5.92 Å². The fraction of sp³-hybridized carbons (Fsp3) is 0.375. The Hall–Kier alpha value is -1.95. The van der Waals surface area contributed by atoms with Gasteiger partial charge in [0.2, 0.25) is 5.91 Å². The molecule has 22 heavy (non-hydrogen) atoms. The summed E-state index contributed by atoms with van der Waals surface area (Å²) in [5, 5.41) is 3.85. The quantitative estimate of drug-likeness (QED) is 0.922. The number of para-hydroxylation sites is 1. The Bertz CT molecular complexity index is 797. The van der Waals surface area contributed by atoms with Gasteiger partial charge in [0.1, 0.15) is 0 Å². The number of hydrogen-bond donors (Lipinski definition) is 1. The van der Waals surface area contributed by atoms with Crippen LogP contribution in [0.2, 0.25) is 0 Å². The number of benzene rings is 1. The molecule has 0 bridgehead atoms. The zero-order chi connectivity index (χ0) is 15.6. The Labute approximate surface area is 129 Å². The first-order chi connectivity index (χ1) is 10.5. The van der Waals surface area contributed by atoms with Crippen LogP contribution >= 0.6 is 0 Å². The summed E-state index contributed by atoms with van der Waals surface area (Å²) in [6, 6.07) is 9.61. The largest absolute Gasteiger partial charge is 0.356 e. The Morgan fingerprint density at radius 2 is 2.09 bits per heavy atom. The van der Waals surface area contributed by atoms with Gasteiger partial charge in [-0.1, -0.05) is 24.3 Å². The van der Waals surface area contributed by atoms with Gasteiger partial charge in [-0.25, -0.2) is 8.42 Å². The number of sulfone groups is 1. The lowest BCUT2D eigenvalue weighted by Crippen LogP contribution is -2.31. The molecule has 1 aliphatic heterocycles. The SMILES string of the molecule is O=C(Cc1cccc2cccnc12)NCC1CCS(=O)(=O)C1. The first kappa shape index (κ1) is 15.0. The standard InChI is InChI=1S/C16H18N2O3S/c19-15(18-10-12-6-8-22(20,21)11-12)9-14-4-1-3-13-5-2-7-17-16(13)14/h1-5,7,12H,6,8-11H2,(H,18,19). The highest BCUT2D eigenvalue weighted by Gasteiger charge is 2.27. The van der Waals surface area contributed by atoms with Crippen molar-refractivity contribution in [1.29, 1.82) is 0 Å². The van der Waals surface area contributed by atoms with E-state index in [0.717, 1.165) is 16.5 Å². The molecular weight excluding hydrogens is 300 g/mol. The maximum Gasteiger partial charge on any atom is 0.224 e. The molecule has 116 valence electrons. The third-order valence-electron chi connectivity index (χ3n) is 3.98. The van der Waals surface area contributed by atoms with E-state index in [0.29, 0.717) is 13.0 Å². The minimum Gasteiger partial charge on any atom is -0.356 e. The fourth-order valence-electron chi connectivity index (χ4n) is 2.84. The Morgan fingerprint density at radius 1 is 1.27 bits per heavy atom. The van der Waals surface area contributed by atoms with Gasteiger partial charge in [0, 0.05) is 18.1 Å². The highest BCUT2D eigenvalue weighted by Crippen LogP contribution is 2.18. The maximum atomic E-state index is 12.1. The van der Waals surface area contributed by atoms with Crippen LogP contribution in [0.25, 0.3) is 10.9 Å². The van der Waals surface area contributed by atoms with E-state index >= 15 is 0 Å². The minimum absolute atomic E-state index is 0.0413. The Morgan fingerprint density at radius 3 is 2.86 bits per heavy atom. The van der Waals surface area contributed by atoms with Crippen LogP contribution in [-0.4, -0.2) is 37.4 Å². The summed E-state index contributed by atoms with van der Waals surface area (Å²) in [6.07, 6.45) is 2.61. The molecule has 1 unspecified atom stereocenters. The summed E-state index contributed by atoms with van der Waals surface area (Å²) < 4.78 is 22.8. The van der Waals surface area contributed by atoms with Crippen LogP contribution in [0.15, 0.2) is 36.5 Å². The predicted octanol–water partition coefficient (Wildman–Crippen LogP) is 1.33. The topological polar surface area (TPSA) is 76.1 Å². The molecule has 0 saturated carbocycles. The van der Waals surface area contributed by atoms with Gasteiger partial charge >= 0.3 is 0 Å². The van der Waals surface area contributed by atoms with E-state index in [1.54, 1.807) is 6.20 Å². The number of rotatable bonds is 4. The molecule has 0 aliphatic carbocycles. The monoisotopic (exact) mass is 318 g/mol. The first-order valence-corrected chi connectivity index (χ1v) is 9.15. The molecule has 1 amide bonds. The first-order valence-electron chi connectivity index (χ1n) is 7.33. The zero-order valence-electron chi connectivity index (χ0n) is 12.2.